The van der Waals surface area contributed by atoms with Gasteiger partial charge in [0.15, 0.2) is 0 Å². The Balaban J connectivity index is 1.43. The summed E-state index contributed by atoms with van der Waals surface area (Å²) < 4.78 is 38.4. The highest BCUT2D eigenvalue weighted by molar-refractivity contribution is 7.16. The summed E-state index contributed by atoms with van der Waals surface area (Å²) in [5, 5.41) is 35.4. The Bertz CT molecular complexity index is 1310. The van der Waals surface area contributed by atoms with E-state index in [2.05, 4.69) is 10.5 Å². The lowest BCUT2D eigenvalue weighted by Crippen LogP contribution is -2.29. The van der Waals surface area contributed by atoms with Crippen LogP contribution < -0.4 is 5.43 Å². The molecule has 0 saturated carbocycles. The van der Waals surface area contributed by atoms with Gasteiger partial charge in [-0.25, -0.2) is 5.43 Å². The first-order chi connectivity index (χ1) is 17.0. The average Bonchev–Trinajstić information content (AvgIpc) is 3.55. The molecule has 2 atom stereocenters. The van der Waals surface area contributed by atoms with Crippen LogP contribution in [0.2, 0.25) is 0 Å². The molecule has 1 aliphatic rings. The van der Waals surface area contributed by atoms with Crippen molar-refractivity contribution in [3.05, 3.63) is 62.7 Å². The van der Waals surface area contributed by atoms with Crippen LogP contribution >= 0.6 is 22.7 Å². The number of hydrogen-bond donors (Lipinski definition) is 4. The van der Waals surface area contributed by atoms with Crippen molar-refractivity contribution < 1.29 is 38.1 Å². The molecule has 4 rings (SSSR count). The average molecular weight is 540 g/mol. The van der Waals surface area contributed by atoms with Gasteiger partial charge in [-0.2, -0.15) is 18.3 Å². The Morgan fingerprint density at radius 3 is 2.28 bits per heavy atom. The van der Waals surface area contributed by atoms with Crippen LogP contribution in [0.3, 0.4) is 0 Å². The molecule has 2 aromatic heterocycles. The van der Waals surface area contributed by atoms with Gasteiger partial charge in [-0.1, -0.05) is 12.1 Å². The summed E-state index contributed by atoms with van der Waals surface area (Å²) in [4.78, 5) is 27.2. The fourth-order valence-corrected chi connectivity index (χ4v) is 5.42. The Hall–Kier alpha value is -3.26. The zero-order valence-electron chi connectivity index (χ0n) is 18.6. The molecule has 2 amide bonds. The lowest BCUT2D eigenvalue weighted by molar-refractivity contribution is -0.137. The van der Waals surface area contributed by atoms with Gasteiger partial charge in [0.1, 0.15) is 5.75 Å². The second-order valence-corrected chi connectivity index (χ2v) is 10.0. The van der Waals surface area contributed by atoms with E-state index in [0.717, 1.165) is 34.8 Å². The monoisotopic (exact) mass is 539 g/mol. The van der Waals surface area contributed by atoms with Crippen molar-refractivity contribution in [2.75, 3.05) is 13.1 Å². The number of likely N-dealkylation sites (tertiary alicyclic amines) is 1. The molecule has 3 heterocycles. The summed E-state index contributed by atoms with van der Waals surface area (Å²) >= 11 is 2.05. The maximum atomic E-state index is 12.8. The third kappa shape index (κ3) is 5.28. The zero-order valence-corrected chi connectivity index (χ0v) is 20.2. The molecule has 0 bridgehead atoms. The number of β-amino-alcohol motifs (C(OH)–C–C–N with tert-alkyl or cyclic N) is 2. The number of rotatable bonds is 5. The van der Waals surface area contributed by atoms with Crippen molar-refractivity contribution >= 4 is 40.2 Å². The number of aromatic hydroxyl groups is 1. The number of thiophene rings is 2. The number of aliphatic hydroxyl groups excluding tert-OH is 2. The molecule has 1 saturated heterocycles. The van der Waals surface area contributed by atoms with Crippen LogP contribution in [0, 0.1) is 0 Å². The Morgan fingerprint density at radius 2 is 1.67 bits per heavy atom. The van der Waals surface area contributed by atoms with Crippen LogP contribution in [0.4, 0.5) is 13.2 Å². The van der Waals surface area contributed by atoms with Gasteiger partial charge in [0.25, 0.3) is 11.8 Å². The summed E-state index contributed by atoms with van der Waals surface area (Å²) in [6.45, 7) is 1.55. The molecule has 1 fully saturated rings. The number of halogens is 3. The van der Waals surface area contributed by atoms with Gasteiger partial charge < -0.3 is 20.2 Å². The minimum absolute atomic E-state index is 0.00150. The Morgan fingerprint density at radius 1 is 1.06 bits per heavy atom. The molecule has 190 valence electrons. The highest BCUT2D eigenvalue weighted by atomic mass is 32.1. The van der Waals surface area contributed by atoms with E-state index in [4.69, 9.17) is 0 Å². The molecule has 13 heteroatoms. The molecule has 4 N–H and O–H groups in total. The SMILES string of the molecule is CC(=NNC(=O)c1ccc(C(=O)N2CC(O)C(O)C2)s1)c1csc(-c2ccc(C(F)(F)F)cc2)c1O. The maximum Gasteiger partial charge on any atom is 0.416 e. The van der Waals surface area contributed by atoms with Gasteiger partial charge in [0.05, 0.1) is 43.7 Å². The molecule has 2 unspecified atom stereocenters. The number of amides is 2. The van der Waals surface area contributed by atoms with Crippen molar-refractivity contribution in [2.24, 2.45) is 5.10 Å². The molecule has 0 radical (unpaired) electrons. The van der Waals surface area contributed by atoms with Crippen molar-refractivity contribution in [1.82, 2.24) is 10.3 Å². The first-order valence-electron chi connectivity index (χ1n) is 10.5. The van der Waals surface area contributed by atoms with E-state index in [1.165, 1.54) is 29.2 Å². The van der Waals surface area contributed by atoms with E-state index in [9.17, 15) is 38.1 Å². The van der Waals surface area contributed by atoms with E-state index >= 15 is 0 Å². The number of alkyl halides is 3. The number of aliphatic hydroxyl groups is 2. The quantitative estimate of drug-likeness (QED) is 0.292. The van der Waals surface area contributed by atoms with E-state index in [0.29, 0.717) is 16.0 Å². The predicted molar refractivity (Wildman–Crippen MR) is 128 cm³/mol. The number of nitrogens with zero attached hydrogens (tertiary/aromatic N) is 2. The third-order valence-electron chi connectivity index (χ3n) is 5.54. The molecule has 36 heavy (non-hydrogen) atoms. The van der Waals surface area contributed by atoms with Crippen molar-refractivity contribution in [3.63, 3.8) is 0 Å². The predicted octanol–water partition coefficient (Wildman–Crippen LogP) is 3.53. The van der Waals surface area contributed by atoms with Crippen LogP contribution in [-0.2, 0) is 6.18 Å². The second kappa shape index (κ2) is 10.0. The molecular weight excluding hydrogens is 519 g/mol. The normalized spacial score (nSPS) is 18.5. The Kier molecular flexibility index (Phi) is 7.18. The van der Waals surface area contributed by atoms with E-state index in [1.807, 2.05) is 0 Å². The summed E-state index contributed by atoms with van der Waals surface area (Å²) in [6.07, 6.45) is -6.48. The summed E-state index contributed by atoms with van der Waals surface area (Å²) in [7, 11) is 0. The number of hydrazone groups is 1. The molecule has 3 aromatic rings. The van der Waals surface area contributed by atoms with Crippen LogP contribution in [-0.4, -0.2) is 63.0 Å². The van der Waals surface area contributed by atoms with Gasteiger partial charge in [-0.3, -0.25) is 9.59 Å². The van der Waals surface area contributed by atoms with E-state index in [-0.39, 0.29) is 34.3 Å². The van der Waals surface area contributed by atoms with Crippen molar-refractivity contribution in [2.45, 2.75) is 25.3 Å². The number of nitrogens with one attached hydrogen (secondary N) is 1. The van der Waals surface area contributed by atoms with Gasteiger partial charge >= 0.3 is 6.18 Å². The highest BCUT2D eigenvalue weighted by Gasteiger charge is 2.33. The van der Waals surface area contributed by atoms with E-state index < -0.39 is 35.8 Å². The van der Waals surface area contributed by atoms with Crippen LogP contribution in [0.5, 0.6) is 5.75 Å². The fourth-order valence-electron chi connectivity index (χ4n) is 3.54. The number of carbonyl (C=O) groups is 2. The second-order valence-electron chi connectivity index (χ2n) is 8.05. The Labute approximate surface area is 210 Å². The molecule has 1 aliphatic heterocycles. The largest absolute Gasteiger partial charge is 0.506 e. The van der Waals surface area contributed by atoms with E-state index in [1.54, 1.807) is 12.3 Å². The van der Waals surface area contributed by atoms with Gasteiger partial charge in [-0.05, 0) is 36.8 Å². The van der Waals surface area contributed by atoms with Gasteiger partial charge in [-0.15, -0.1) is 22.7 Å². The first kappa shape index (κ1) is 25.8. The van der Waals surface area contributed by atoms with Gasteiger partial charge in [0.2, 0.25) is 0 Å². The zero-order chi connectivity index (χ0) is 26.2. The molecule has 1 aromatic carbocycles. The smallest absolute Gasteiger partial charge is 0.416 e. The minimum atomic E-state index is -4.46. The molecule has 8 nitrogen and oxygen atoms in total. The van der Waals surface area contributed by atoms with Crippen molar-refractivity contribution in [3.8, 4) is 16.2 Å². The fraction of sp³-hybridized carbons (Fsp3) is 0.261. The third-order valence-corrected chi connectivity index (χ3v) is 7.63. The minimum Gasteiger partial charge on any atom is -0.506 e. The molecule has 0 aliphatic carbocycles. The summed E-state index contributed by atoms with van der Waals surface area (Å²) in [5.74, 6) is -1.17. The summed E-state index contributed by atoms with van der Waals surface area (Å²) in [6, 6.07) is 7.33. The topological polar surface area (TPSA) is 122 Å². The number of hydrogen-bond acceptors (Lipinski definition) is 8. The number of benzene rings is 1. The van der Waals surface area contributed by atoms with Crippen LogP contribution in [0.1, 0.15) is 37.4 Å². The van der Waals surface area contributed by atoms with Crippen molar-refractivity contribution in [1.29, 1.82) is 0 Å². The van der Waals surface area contributed by atoms with Gasteiger partial charge in [0, 0.05) is 18.5 Å². The number of carbonyl (C=O) groups excluding carboxylic acids is 2. The summed E-state index contributed by atoms with van der Waals surface area (Å²) in [5.41, 5.74) is 2.54. The maximum absolute atomic E-state index is 12.8. The molecular formula is C23H20F3N3O5S2. The first-order valence-corrected chi connectivity index (χ1v) is 12.2. The lowest BCUT2D eigenvalue weighted by Gasteiger charge is -2.13. The van der Waals surface area contributed by atoms with Crippen LogP contribution in [0.15, 0.2) is 46.9 Å². The molecule has 0 spiro atoms. The highest BCUT2D eigenvalue weighted by Crippen LogP contribution is 2.40. The lowest BCUT2D eigenvalue weighted by atomic mass is 10.1. The van der Waals surface area contributed by atoms with Crippen LogP contribution in [0.25, 0.3) is 10.4 Å². The standard InChI is InChI=1S/C23H20F3N3O5S2/c1-11(14-10-35-20(19(14)32)12-2-4-13(5-3-12)23(24,25)26)27-28-21(33)17-6-7-18(36-17)22(34)29-8-15(30)16(31)9-29/h2-7,10,15-16,30-32H,8-9H2,1H3,(H,28,33).